The highest BCUT2D eigenvalue weighted by Crippen LogP contribution is 2.29. The lowest BCUT2D eigenvalue weighted by atomic mass is 9.99. The Bertz CT molecular complexity index is 1170. The van der Waals surface area contributed by atoms with E-state index in [9.17, 15) is 24.2 Å². The number of rotatable bonds is 7. The normalized spacial score (nSPS) is 12.3. The molecular formula is C22H21ClFNO4S. The highest BCUT2D eigenvalue weighted by Gasteiger charge is 2.26. The van der Waals surface area contributed by atoms with Gasteiger partial charge in [0.1, 0.15) is 11.4 Å². The van der Waals surface area contributed by atoms with E-state index in [-0.39, 0.29) is 34.7 Å². The van der Waals surface area contributed by atoms with Crippen LogP contribution in [0.1, 0.15) is 41.0 Å². The largest absolute Gasteiger partial charge is 0.477 e. The SMILES string of the molecule is CCC(CO)n1c(Cc2cccc(Cl)c2F)c(C(=O)O)c(=O)c2ccc(SC)cc21. The molecular weight excluding hydrogens is 429 g/mol. The minimum absolute atomic E-state index is 0.0852. The number of aliphatic hydroxyl groups is 1. The Morgan fingerprint density at radius 3 is 2.63 bits per heavy atom. The van der Waals surface area contributed by atoms with Gasteiger partial charge in [0.15, 0.2) is 0 Å². The topological polar surface area (TPSA) is 79.5 Å². The second-order valence-electron chi connectivity index (χ2n) is 6.84. The van der Waals surface area contributed by atoms with Crippen molar-refractivity contribution in [3.8, 4) is 0 Å². The monoisotopic (exact) mass is 449 g/mol. The van der Waals surface area contributed by atoms with Crippen molar-refractivity contribution in [2.24, 2.45) is 0 Å². The summed E-state index contributed by atoms with van der Waals surface area (Å²) >= 11 is 7.38. The summed E-state index contributed by atoms with van der Waals surface area (Å²) in [5, 5.41) is 20.0. The molecule has 0 fully saturated rings. The lowest BCUT2D eigenvalue weighted by Gasteiger charge is -2.26. The van der Waals surface area contributed by atoms with E-state index in [0.29, 0.717) is 11.9 Å². The molecule has 1 unspecified atom stereocenters. The van der Waals surface area contributed by atoms with Crippen LogP contribution in [0.25, 0.3) is 10.9 Å². The van der Waals surface area contributed by atoms with Gasteiger partial charge in [-0.2, -0.15) is 0 Å². The first-order chi connectivity index (χ1) is 14.3. The van der Waals surface area contributed by atoms with E-state index in [4.69, 9.17) is 11.6 Å². The number of benzene rings is 2. The number of thioether (sulfide) groups is 1. The van der Waals surface area contributed by atoms with Crippen LogP contribution in [0.3, 0.4) is 0 Å². The van der Waals surface area contributed by atoms with Crippen LogP contribution in [0.5, 0.6) is 0 Å². The maximum atomic E-state index is 14.6. The first kappa shape index (κ1) is 22.3. The molecule has 0 aliphatic carbocycles. The molecule has 3 rings (SSSR count). The van der Waals surface area contributed by atoms with Crippen LogP contribution in [0.4, 0.5) is 4.39 Å². The molecule has 1 heterocycles. The van der Waals surface area contributed by atoms with Gasteiger partial charge in [0.25, 0.3) is 0 Å². The summed E-state index contributed by atoms with van der Waals surface area (Å²) in [5.74, 6) is -2.06. The van der Waals surface area contributed by atoms with Gasteiger partial charge in [-0.05, 0) is 42.5 Å². The van der Waals surface area contributed by atoms with Gasteiger partial charge in [0, 0.05) is 22.4 Å². The number of pyridine rings is 1. The van der Waals surface area contributed by atoms with Gasteiger partial charge >= 0.3 is 5.97 Å². The third kappa shape index (κ3) is 3.97. The second kappa shape index (κ2) is 9.20. The zero-order chi connectivity index (χ0) is 22.0. The lowest BCUT2D eigenvalue weighted by Crippen LogP contribution is -2.28. The predicted molar refractivity (Wildman–Crippen MR) is 118 cm³/mol. The highest BCUT2D eigenvalue weighted by molar-refractivity contribution is 7.98. The molecule has 2 aromatic carbocycles. The average molecular weight is 450 g/mol. The standard InChI is InChI=1S/C22H21ClFNO4S/c1-3-13(11-26)25-17-10-14(30-2)7-8-15(17)21(27)19(22(28)29)18(25)9-12-5-4-6-16(23)20(12)24/h4-8,10,13,26H,3,9,11H2,1-2H3,(H,28,29). The third-order valence-electron chi connectivity index (χ3n) is 5.17. The zero-order valence-corrected chi connectivity index (χ0v) is 18.1. The number of carboxylic acids is 1. The molecule has 158 valence electrons. The maximum absolute atomic E-state index is 14.6. The Labute approximate surface area is 182 Å². The molecule has 1 aromatic heterocycles. The van der Waals surface area contributed by atoms with Crippen molar-refractivity contribution in [1.82, 2.24) is 4.57 Å². The van der Waals surface area contributed by atoms with Gasteiger partial charge in [-0.3, -0.25) is 4.79 Å². The van der Waals surface area contributed by atoms with E-state index in [0.717, 1.165) is 4.90 Å². The van der Waals surface area contributed by atoms with Crippen molar-refractivity contribution in [2.45, 2.75) is 30.7 Å². The molecule has 0 saturated heterocycles. The number of nitrogens with zero attached hydrogens (tertiary/aromatic N) is 1. The Balaban J connectivity index is 2.46. The average Bonchev–Trinajstić information content (AvgIpc) is 2.73. The Morgan fingerprint density at radius 1 is 1.30 bits per heavy atom. The quantitative estimate of drug-likeness (QED) is 0.509. The van der Waals surface area contributed by atoms with Crippen LogP contribution in [-0.4, -0.2) is 33.6 Å². The smallest absolute Gasteiger partial charge is 0.341 e. The number of carboxylic acid groups (broad SMARTS) is 1. The molecule has 0 amide bonds. The third-order valence-corrected chi connectivity index (χ3v) is 6.18. The summed E-state index contributed by atoms with van der Waals surface area (Å²) in [4.78, 5) is 26.1. The summed E-state index contributed by atoms with van der Waals surface area (Å²) in [5.41, 5.74) is -0.237. The number of carbonyl (C=O) groups is 1. The molecule has 0 spiro atoms. The van der Waals surface area contributed by atoms with Crippen LogP contribution < -0.4 is 5.43 Å². The molecule has 0 bridgehead atoms. The summed E-state index contributed by atoms with van der Waals surface area (Å²) in [6, 6.07) is 9.13. The van der Waals surface area contributed by atoms with Crippen molar-refractivity contribution >= 4 is 40.2 Å². The van der Waals surface area contributed by atoms with Crippen LogP contribution >= 0.6 is 23.4 Å². The van der Waals surface area contributed by atoms with Gasteiger partial charge in [-0.1, -0.05) is 30.7 Å². The fourth-order valence-electron chi connectivity index (χ4n) is 3.63. The lowest BCUT2D eigenvalue weighted by molar-refractivity contribution is 0.0692. The summed E-state index contributed by atoms with van der Waals surface area (Å²) in [7, 11) is 0. The minimum Gasteiger partial charge on any atom is -0.477 e. The number of aromatic carboxylic acids is 1. The molecule has 0 aliphatic heterocycles. The number of aromatic nitrogens is 1. The minimum atomic E-state index is -1.39. The van der Waals surface area contributed by atoms with Crippen molar-refractivity contribution < 1.29 is 19.4 Å². The first-order valence-electron chi connectivity index (χ1n) is 9.36. The number of fused-ring (bicyclic) bond motifs is 1. The van der Waals surface area contributed by atoms with E-state index < -0.39 is 28.8 Å². The van der Waals surface area contributed by atoms with Crippen molar-refractivity contribution in [3.05, 3.63) is 74.3 Å². The molecule has 2 N–H and O–H groups in total. The fraction of sp³-hybridized carbons (Fsp3) is 0.273. The molecule has 0 saturated carbocycles. The molecule has 5 nitrogen and oxygen atoms in total. The Hall–Kier alpha value is -2.35. The second-order valence-corrected chi connectivity index (χ2v) is 8.13. The molecule has 8 heteroatoms. The van der Waals surface area contributed by atoms with Gasteiger partial charge in [-0.15, -0.1) is 11.8 Å². The number of hydrogen-bond donors (Lipinski definition) is 2. The summed E-state index contributed by atoms with van der Waals surface area (Å²) < 4.78 is 16.3. The van der Waals surface area contributed by atoms with Crippen molar-refractivity contribution in [3.63, 3.8) is 0 Å². The van der Waals surface area contributed by atoms with Gasteiger partial charge < -0.3 is 14.8 Å². The summed E-state index contributed by atoms with van der Waals surface area (Å²) in [6.07, 6.45) is 2.22. The Kier molecular flexibility index (Phi) is 6.85. The molecule has 3 aromatic rings. The highest BCUT2D eigenvalue weighted by atomic mass is 35.5. The Morgan fingerprint density at radius 2 is 2.03 bits per heavy atom. The van der Waals surface area contributed by atoms with Crippen LogP contribution in [-0.2, 0) is 6.42 Å². The predicted octanol–water partition coefficient (Wildman–Crippen LogP) is 4.75. The number of hydrogen-bond acceptors (Lipinski definition) is 4. The van der Waals surface area contributed by atoms with Gasteiger partial charge in [0.2, 0.25) is 5.43 Å². The van der Waals surface area contributed by atoms with E-state index in [2.05, 4.69) is 0 Å². The van der Waals surface area contributed by atoms with Crippen molar-refractivity contribution in [2.75, 3.05) is 12.9 Å². The van der Waals surface area contributed by atoms with E-state index in [1.54, 1.807) is 28.8 Å². The van der Waals surface area contributed by atoms with E-state index in [1.807, 2.05) is 13.2 Å². The first-order valence-corrected chi connectivity index (χ1v) is 11.0. The van der Waals surface area contributed by atoms with Gasteiger partial charge in [0.05, 0.1) is 23.2 Å². The zero-order valence-electron chi connectivity index (χ0n) is 16.5. The summed E-state index contributed by atoms with van der Waals surface area (Å²) in [6.45, 7) is 1.59. The number of halogens is 2. The molecule has 0 aliphatic rings. The maximum Gasteiger partial charge on any atom is 0.341 e. The number of aliphatic hydroxyl groups excluding tert-OH is 1. The molecule has 0 radical (unpaired) electrons. The van der Waals surface area contributed by atoms with Crippen LogP contribution in [0.15, 0.2) is 46.1 Å². The van der Waals surface area contributed by atoms with Crippen LogP contribution in [0, 0.1) is 5.82 Å². The van der Waals surface area contributed by atoms with E-state index >= 15 is 0 Å². The van der Waals surface area contributed by atoms with E-state index in [1.165, 1.54) is 23.9 Å². The molecule has 30 heavy (non-hydrogen) atoms. The van der Waals surface area contributed by atoms with Gasteiger partial charge in [-0.25, -0.2) is 9.18 Å². The van der Waals surface area contributed by atoms with Crippen molar-refractivity contribution in [1.29, 1.82) is 0 Å². The molecule has 1 atom stereocenters. The van der Waals surface area contributed by atoms with Crippen LogP contribution in [0.2, 0.25) is 5.02 Å². The fourth-order valence-corrected chi connectivity index (χ4v) is 4.26.